The van der Waals surface area contributed by atoms with E-state index < -0.39 is 0 Å². The Labute approximate surface area is 114 Å². The van der Waals surface area contributed by atoms with Gasteiger partial charge in [0.1, 0.15) is 5.84 Å². The fraction of sp³-hybridized carbons (Fsp3) is 0.500. The fourth-order valence-electron chi connectivity index (χ4n) is 2.95. The van der Waals surface area contributed by atoms with Crippen LogP contribution in [0.15, 0.2) is 40.3 Å². The van der Waals surface area contributed by atoms with Crippen molar-refractivity contribution in [2.45, 2.75) is 25.8 Å². The first kappa shape index (κ1) is 12.5. The minimum atomic E-state index is 0.409. The molecule has 1 saturated heterocycles. The van der Waals surface area contributed by atoms with E-state index in [1.54, 1.807) is 0 Å². The summed E-state index contributed by atoms with van der Waals surface area (Å²) in [6.07, 6.45) is 4.14. The molecule has 100 valence electrons. The average molecular weight is 255 g/mol. The summed E-state index contributed by atoms with van der Waals surface area (Å²) in [5.41, 5.74) is 1.29. The van der Waals surface area contributed by atoms with Gasteiger partial charge in [0, 0.05) is 18.6 Å². The molecule has 3 atom stereocenters. The number of aliphatic imine (C=N–C) groups is 2. The second-order valence-corrected chi connectivity index (χ2v) is 5.61. The molecule has 0 bridgehead atoms. The zero-order valence-corrected chi connectivity index (χ0v) is 11.4. The van der Waals surface area contributed by atoms with Crippen molar-refractivity contribution in [2.24, 2.45) is 21.8 Å². The van der Waals surface area contributed by atoms with Crippen LogP contribution in [0.4, 0.5) is 0 Å². The predicted octanol–water partition coefficient (Wildman–Crippen LogP) is 2.33. The molecular formula is C16H21N3. The van der Waals surface area contributed by atoms with Crippen molar-refractivity contribution in [3.63, 3.8) is 0 Å². The van der Waals surface area contributed by atoms with Gasteiger partial charge in [0.2, 0.25) is 0 Å². The molecule has 0 aliphatic carbocycles. The normalized spacial score (nSPS) is 30.4. The smallest absolute Gasteiger partial charge is 0.127 e. The van der Waals surface area contributed by atoms with Gasteiger partial charge in [-0.3, -0.25) is 4.99 Å². The first-order valence-corrected chi connectivity index (χ1v) is 7.18. The molecule has 1 fully saturated rings. The molecule has 3 heteroatoms. The zero-order valence-electron chi connectivity index (χ0n) is 11.4. The summed E-state index contributed by atoms with van der Waals surface area (Å²) in [6, 6.07) is 10.9. The molecular weight excluding hydrogens is 234 g/mol. The lowest BCUT2D eigenvalue weighted by Crippen LogP contribution is -2.32. The average Bonchev–Trinajstić information content (AvgIpc) is 2.62. The molecule has 2 aliphatic rings. The van der Waals surface area contributed by atoms with Crippen LogP contribution in [-0.4, -0.2) is 31.2 Å². The maximum Gasteiger partial charge on any atom is 0.127 e. The van der Waals surface area contributed by atoms with Gasteiger partial charge in [0.25, 0.3) is 0 Å². The molecule has 3 rings (SSSR count). The first-order valence-electron chi connectivity index (χ1n) is 7.18. The van der Waals surface area contributed by atoms with Crippen LogP contribution in [0, 0.1) is 11.8 Å². The highest BCUT2D eigenvalue weighted by Crippen LogP contribution is 2.24. The SMILES string of the molecule is CC1CNCCC2C=NC(Cc3ccccc3)=NC12. The van der Waals surface area contributed by atoms with E-state index in [0.29, 0.717) is 17.9 Å². The number of nitrogens with one attached hydrogen (secondary N) is 1. The van der Waals surface area contributed by atoms with E-state index in [4.69, 9.17) is 4.99 Å². The van der Waals surface area contributed by atoms with Crippen LogP contribution < -0.4 is 5.32 Å². The third kappa shape index (κ3) is 2.92. The van der Waals surface area contributed by atoms with Crippen LogP contribution in [0.3, 0.4) is 0 Å². The number of hydrogen-bond donors (Lipinski definition) is 1. The molecule has 3 unspecified atom stereocenters. The number of nitrogens with zero attached hydrogens (tertiary/aromatic N) is 2. The molecule has 1 aromatic carbocycles. The van der Waals surface area contributed by atoms with E-state index in [2.05, 4.69) is 47.7 Å². The summed E-state index contributed by atoms with van der Waals surface area (Å²) in [6.45, 7) is 4.44. The molecule has 0 aromatic heterocycles. The molecule has 3 nitrogen and oxygen atoms in total. The Morgan fingerprint density at radius 3 is 2.95 bits per heavy atom. The highest BCUT2D eigenvalue weighted by atomic mass is 15.0. The Morgan fingerprint density at radius 1 is 1.26 bits per heavy atom. The second kappa shape index (κ2) is 5.66. The summed E-state index contributed by atoms with van der Waals surface area (Å²) in [4.78, 5) is 9.50. The second-order valence-electron chi connectivity index (χ2n) is 5.61. The molecule has 2 aliphatic heterocycles. The molecule has 19 heavy (non-hydrogen) atoms. The third-order valence-electron chi connectivity index (χ3n) is 4.06. The lowest BCUT2D eigenvalue weighted by atomic mass is 9.88. The van der Waals surface area contributed by atoms with Crippen molar-refractivity contribution >= 4 is 12.1 Å². The number of hydrogen-bond acceptors (Lipinski definition) is 3. The summed E-state index contributed by atoms with van der Waals surface area (Å²) in [7, 11) is 0. The van der Waals surface area contributed by atoms with Gasteiger partial charge in [-0.25, -0.2) is 4.99 Å². The zero-order chi connectivity index (χ0) is 13.1. The molecule has 2 heterocycles. The number of benzene rings is 1. The van der Waals surface area contributed by atoms with Crippen molar-refractivity contribution in [1.29, 1.82) is 0 Å². The number of rotatable bonds is 2. The van der Waals surface area contributed by atoms with Crippen LogP contribution in [0.1, 0.15) is 18.9 Å². The monoisotopic (exact) mass is 255 g/mol. The van der Waals surface area contributed by atoms with Crippen molar-refractivity contribution in [2.75, 3.05) is 13.1 Å². The number of fused-ring (bicyclic) bond motifs is 1. The molecule has 1 N–H and O–H groups in total. The van der Waals surface area contributed by atoms with E-state index in [1.807, 2.05) is 6.07 Å². The van der Waals surface area contributed by atoms with Gasteiger partial charge in [-0.15, -0.1) is 0 Å². The quantitative estimate of drug-likeness (QED) is 0.865. The molecule has 1 aromatic rings. The van der Waals surface area contributed by atoms with Crippen molar-refractivity contribution < 1.29 is 0 Å². The van der Waals surface area contributed by atoms with Crippen molar-refractivity contribution in [3.05, 3.63) is 35.9 Å². The van der Waals surface area contributed by atoms with Gasteiger partial charge in [-0.1, -0.05) is 37.3 Å². The van der Waals surface area contributed by atoms with E-state index in [-0.39, 0.29) is 0 Å². The van der Waals surface area contributed by atoms with Gasteiger partial charge in [0.15, 0.2) is 0 Å². The summed E-state index contributed by atoms with van der Waals surface area (Å²) >= 11 is 0. The minimum absolute atomic E-state index is 0.409. The van der Waals surface area contributed by atoms with Crippen molar-refractivity contribution in [1.82, 2.24) is 5.32 Å². The van der Waals surface area contributed by atoms with Gasteiger partial charge in [0.05, 0.1) is 6.04 Å². The maximum atomic E-state index is 4.92. The van der Waals surface area contributed by atoms with Crippen LogP contribution in [-0.2, 0) is 6.42 Å². The van der Waals surface area contributed by atoms with Gasteiger partial charge < -0.3 is 5.32 Å². The highest BCUT2D eigenvalue weighted by molar-refractivity contribution is 5.93. The standard InChI is InChI=1S/C16H21N3/c1-12-10-17-8-7-14-11-18-15(19-16(12)14)9-13-5-3-2-4-6-13/h2-6,11-12,14,16-17H,7-10H2,1H3. The highest BCUT2D eigenvalue weighted by Gasteiger charge is 2.30. The predicted molar refractivity (Wildman–Crippen MR) is 80.0 cm³/mol. The Bertz CT molecular complexity index is 478. The van der Waals surface area contributed by atoms with Crippen LogP contribution in [0.25, 0.3) is 0 Å². The fourth-order valence-corrected chi connectivity index (χ4v) is 2.95. The van der Waals surface area contributed by atoms with Gasteiger partial charge >= 0.3 is 0 Å². The summed E-state index contributed by atoms with van der Waals surface area (Å²) in [5, 5.41) is 3.49. The van der Waals surface area contributed by atoms with E-state index in [0.717, 1.165) is 31.8 Å². The summed E-state index contributed by atoms with van der Waals surface area (Å²) in [5.74, 6) is 2.09. The molecule has 0 spiro atoms. The summed E-state index contributed by atoms with van der Waals surface area (Å²) < 4.78 is 0. The third-order valence-corrected chi connectivity index (χ3v) is 4.06. The Balaban J connectivity index is 1.76. The van der Waals surface area contributed by atoms with Gasteiger partial charge in [-0.2, -0.15) is 0 Å². The van der Waals surface area contributed by atoms with Crippen LogP contribution in [0.5, 0.6) is 0 Å². The molecule has 0 saturated carbocycles. The molecule has 0 amide bonds. The first-order chi connectivity index (χ1) is 9.33. The Kier molecular flexibility index (Phi) is 3.74. The maximum absolute atomic E-state index is 4.92. The van der Waals surface area contributed by atoms with Gasteiger partial charge in [-0.05, 0) is 31.0 Å². The molecule has 0 radical (unpaired) electrons. The van der Waals surface area contributed by atoms with E-state index >= 15 is 0 Å². The lowest BCUT2D eigenvalue weighted by Gasteiger charge is -2.26. The lowest BCUT2D eigenvalue weighted by molar-refractivity contribution is 0.409. The van der Waals surface area contributed by atoms with Crippen LogP contribution in [0.2, 0.25) is 0 Å². The topological polar surface area (TPSA) is 36.8 Å². The van der Waals surface area contributed by atoms with E-state index in [9.17, 15) is 0 Å². The van der Waals surface area contributed by atoms with E-state index in [1.165, 1.54) is 5.56 Å². The minimum Gasteiger partial charge on any atom is -0.316 e. The Hall–Kier alpha value is -1.48. The van der Waals surface area contributed by atoms with Crippen LogP contribution >= 0.6 is 0 Å². The Morgan fingerprint density at radius 2 is 2.11 bits per heavy atom. The largest absolute Gasteiger partial charge is 0.316 e. The van der Waals surface area contributed by atoms with Crippen molar-refractivity contribution in [3.8, 4) is 0 Å². The number of amidine groups is 1.